The van der Waals surface area contributed by atoms with Gasteiger partial charge in [-0.25, -0.2) is 28.7 Å². The highest BCUT2D eigenvalue weighted by molar-refractivity contribution is 6.12. The number of pyridine rings is 2. The smallest absolute Gasteiger partial charge is 0.160 e. The first-order valence-electron chi connectivity index (χ1n) is 49.8. The van der Waals surface area contributed by atoms with Gasteiger partial charge in [0.05, 0.1) is 67.3 Å². The highest BCUT2D eigenvalue weighted by atomic mass is 19.1. The van der Waals surface area contributed by atoms with Gasteiger partial charge in [0.1, 0.15) is 11.6 Å². The molecule has 137 heavy (non-hydrogen) atoms. The van der Waals surface area contributed by atoms with Crippen molar-refractivity contribution < 1.29 is 8.78 Å². The van der Waals surface area contributed by atoms with Gasteiger partial charge in [-0.05, 0) is 271 Å². The topological polar surface area (TPSA) is 66.3 Å². The maximum atomic E-state index is 14.2. The van der Waals surface area contributed by atoms with Gasteiger partial charge in [-0.15, -0.1) is 0 Å². The average Bonchev–Trinajstić information content (AvgIpc) is 1.59. The summed E-state index contributed by atoms with van der Waals surface area (Å²) in [5.74, 6) is 2.77. The molecule has 0 unspecified atom stereocenters. The van der Waals surface area contributed by atoms with Crippen molar-refractivity contribution in [3.05, 3.63) is 428 Å². The van der Waals surface area contributed by atoms with Gasteiger partial charge >= 0.3 is 0 Å². The number of aromatic nitrogens is 7. The van der Waals surface area contributed by atoms with E-state index in [9.17, 15) is 8.78 Å². The van der Waals surface area contributed by atoms with Crippen LogP contribution in [-0.2, 0) is 0 Å². The maximum absolute atomic E-state index is 14.2. The fourth-order valence-corrected chi connectivity index (χ4v) is 22.6. The first kappa shape index (κ1) is 86.1. The van der Waals surface area contributed by atoms with Crippen molar-refractivity contribution in [2.45, 2.75) is 152 Å². The fourth-order valence-electron chi connectivity index (χ4n) is 22.6. The van der Waals surface area contributed by atoms with E-state index in [2.05, 4.69) is 317 Å². The molecule has 6 aromatic heterocycles. The number of hydrogen-bond donors (Lipinski definition) is 0. The summed E-state index contributed by atoms with van der Waals surface area (Å²) in [7, 11) is 0. The van der Waals surface area contributed by atoms with Crippen LogP contribution in [0.4, 0.5) is 8.78 Å². The molecular weight excluding hydrogens is 1670 g/mol. The molecule has 0 bridgehead atoms. The maximum Gasteiger partial charge on any atom is 0.160 e. The Morgan fingerprint density at radius 2 is 0.409 bits per heavy atom. The third-order valence-electron chi connectivity index (χ3n) is 29.7. The largest absolute Gasteiger partial charge is 0.309 e. The predicted molar refractivity (Wildman–Crippen MR) is 566 cm³/mol. The predicted octanol–water partition coefficient (Wildman–Crippen LogP) is 35.4. The molecule has 0 N–H and O–H groups in total. The quantitative estimate of drug-likeness (QED) is 0.0967. The van der Waals surface area contributed by atoms with Crippen LogP contribution in [0.3, 0.4) is 0 Å². The minimum atomic E-state index is -0.349. The molecule has 0 atom stereocenters. The van der Waals surface area contributed by atoms with Gasteiger partial charge in [-0.1, -0.05) is 320 Å². The van der Waals surface area contributed by atoms with Gasteiger partial charge in [0.25, 0.3) is 0 Å². The lowest BCUT2D eigenvalue weighted by atomic mass is 9.83. The van der Waals surface area contributed by atoms with Crippen LogP contribution in [0.5, 0.6) is 0 Å². The number of nitrogens with zero attached hydrogens (tertiary/aromatic N) is 7. The van der Waals surface area contributed by atoms with E-state index >= 15 is 0 Å². The number of fused-ring (bicyclic) bond motifs is 9. The Kier molecular flexibility index (Phi) is 24.3. The fraction of sp³-hybridized carbons (Fsp3) is 0.188. The van der Waals surface area contributed by atoms with E-state index in [4.69, 9.17) is 19.9 Å². The summed E-state index contributed by atoms with van der Waals surface area (Å²) < 4.78 is 35.5. The Hall–Kier alpha value is -15.1. The highest BCUT2D eigenvalue weighted by Gasteiger charge is 2.27. The average molecular weight is 1780 g/mol. The second kappa shape index (κ2) is 38.7. The molecule has 21 aromatic rings. The second-order valence-corrected chi connectivity index (χ2v) is 38.3. The van der Waals surface area contributed by atoms with Crippen LogP contribution in [0.2, 0.25) is 0 Å². The summed E-state index contributed by atoms with van der Waals surface area (Å²) in [6.45, 7) is 0. The van der Waals surface area contributed by atoms with Crippen molar-refractivity contribution in [3.63, 3.8) is 0 Å². The van der Waals surface area contributed by atoms with Crippen molar-refractivity contribution in [1.82, 2.24) is 33.6 Å². The van der Waals surface area contributed by atoms with Crippen molar-refractivity contribution in [2.75, 3.05) is 0 Å². The molecule has 0 aliphatic heterocycles. The van der Waals surface area contributed by atoms with Crippen LogP contribution in [0.25, 0.3) is 184 Å². The normalized spacial score (nSPS) is 14.7. The SMILES string of the molecule is Fc1ccc2c(c1)c1cc(F)ccc1n2-c1cccc(-c2cc(-c3ccccc3)nc(-c3ccccc3)c2)c1.c1ccc(-c2cc(-c3cccc(-n4c5ccc(C6CCCCC6)cc5c5cc(C6CCCCC6)ccc54)c3)cc(-c3ccccc3)n2)cc1.c1ccc(-c2cc(-c3cccc(-n4c5ccc(C6CCCCC6)cc5c5cc(C6CCCCC6)ccc54)c3)nc(-c3ccccc3)n2)cc1. The summed E-state index contributed by atoms with van der Waals surface area (Å²) >= 11 is 0. The summed E-state index contributed by atoms with van der Waals surface area (Å²) in [6, 6.07) is 138. The summed E-state index contributed by atoms with van der Waals surface area (Å²) in [6.07, 6.45) is 26.9. The molecule has 9 heteroatoms. The zero-order valence-corrected chi connectivity index (χ0v) is 77.4. The van der Waals surface area contributed by atoms with Gasteiger partial charge in [0.2, 0.25) is 0 Å². The van der Waals surface area contributed by atoms with E-state index in [1.165, 1.54) is 235 Å². The molecular formula is C128H109F2N7. The molecule has 0 spiro atoms. The monoisotopic (exact) mass is 1780 g/mol. The first-order chi connectivity index (χ1) is 67.7. The molecule has 25 rings (SSSR count). The van der Waals surface area contributed by atoms with Crippen molar-refractivity contribution >= 4 is 65.4 Å². The molecule has 4 aliphatic carbocycles. The van der Waals surface area contributed by atoms with Crippen LogP contribution >= 0.6 is 0 Å². The lowest BCUT2D eigenvalue weighted by Crippen LogP contribution is -2.04. The molecule has 670 valence electrons. The van der Waals surface area contributed by atoms with E-state index in [1.54, 1.807) is 12.1 Å². The third kappa shape index (κ3) is 17.9. The van der Waals surface area contributed by atoms with E-state index in [1.807, 2.05) is 54.6 Å². The minimum absolute atomic E-state index is 0.349. The summed E-state index contributed by atoms with van der Waals surface area (Å²) in [5.41, 5.74) is 33.7. The summed E-state index contributed by atoms with van der Waals surface area (Å²) in [4.78, 5) is 20.3. The lowest BCUT2D eigenvalue weighted by molar-refractivity contribution is 0.444. The molecule has 4 aliphatic rings. The van der Waals surface area contributed by atoms with Crippen LogP contribution in [0.1, 0.15) is 174 Å². The number of rotatable bonds is 16. The first-order valence-corrected chi connectivity index (χ1v) is 49.8. The Morgan fingerprint density at radius 3 is 0.701 bits per heavy atom. The molecule has 0 radical (unpaired) electrons. The zero-order chi connectivity index (χ0) is 91.5. The summed E-state index contributed by atoms with van der Waals surface area (Å²) in [5, 5.41) is 6.94. The Balaban J connectivity index is 0.000000116. The molecule has 15 aromatic carbocycles. The van der Waals surface area contributed by atoms with Crippen LogP contribution < -0.4 is 0 Å². The molecule has 6 heterocycles. The molecule has 4 saturated carbocycles. The number of halogens is 2. The van der Waals surface area contributed by atoms with E-state index in [0.29, 0.717) is 34.4 Å². The molecule has 0 saturated heterocycles. The molecule has 4 fully saturated rings. The van der Waals surface area contributed by atoms with Crippen LogP contribution in [-0.4, -0.2) is 33.6 Å². The van der Waals surface area contributed by atoms with Gasteiger partial charge in [0.15, 0.2) is 5.82 Å². The highest BCUT2D eigenvalue weighted by Crippen LogP contribution is 2.47. The number of hydrogen-bond acceptors (Lipinski definition) is 4. The minimum Gasteiger partial charge on any atom is -0.309 e. The lowest BCUT2D eigenvalue weighted by Gasteiger charge is -2.22. The van der Waals surface area contributed by atoms with Gasteiger partial charge in [-0.3, -0.25) is 0 Å². The van der Waals surface area contributed by atoms with Crippen LogP contribution in [0, 0.1) is 11.6 Å². The van der Waals surface area contributed by atoms with Crippen molar-refractivity contribution in [1.29, 1.82) is 0 Å². The standard InChI is InChI=1S/C47H44N2.C46H43N3.C35H22F2N2/c1-5-14-33(15-6-1)38-24-26-46-42(29-38)43-30-39(34-16-7-2-8-17-34)25-27-47(43)49(46)41-23-13-22-37(28-41)40-31-44(35-18-9-3-10-19-35)48-45(32-40)36-20-11-4-12-21-36;1-5-14-32(15-6-1)36-24-26-44-40(29-36)41-30-37(33-16-7-2-8-17-33)25-27-45(41)49(44)39-23-13-22-38(28-39)43-31-42(34-18-9-3-10-19-34)47-46(48-43)35-20-11-4-12-21-35;36-27-14-16-34-30(21-27)31-22-28(37)15-17-35(31)39(34)29-13-7-12-25(18-29)26-19-32(23-8-3-1-4-9-23)38-33(20-26)24-10-5-2-6-11-24/h3-4,9-13,18-34H,1-2,5-8,14-17H2;3-4,9-13,18-33H,1-2,5-8,14-17H2;1-22H. The Bertz CT molecular complexity index is 7230. The van der Waals surface area contributed by atoms with E-state index < -0.39 is 0 Å². The molecule has 0 amide bonds. The van der Waals surface area contributed by atoms with Crippen molar-refractivity contribution in [3.8, 4) is 118 Å². The van der Waals surface area contributed by atoms with Crippen LogP contribution in [0.15, 0.2) is 394 Å². The Morgan fingerprint density at radius 1 is 0.175 bits per heavy atom. The second-order valence-electron chi connectivity index (χ2n) is 38.3. The third-order valence-corrected chi connectivity index (χ3v) is 29.7. The Labute approximate surface area is 801 Å². The van der Waals surface area contributed by atoms with E-state index in [0.717, 1.165) is 112 Å². The van der Waals surface area contributed by atoms with Gasteiger partial charge in [-0.2, -0.15) is 0 Å². The number of benzene rings is 15. The zero-order valence-electron chi connectivity index (χ0n) is 77.4. The van der Waals surface area contributed by atoms with E-state index in [-0.39, 0.29) is 11.6 Å². The molecule has 7 nitrogen and oxygen atoms in total. The van der Waals surface area contributed by atoms with Crippen molar-refractivity contribution in [2.24, 2.45) is 0 Å². The van der Waals surface area contributed by atoms with Gasteiger partial charge < -0.3 is 13.7 Å². The van der Waals surface area contributed by atoms with Gasteiger partial charge in [0, 0.05) is 88.3 Å².